The van der Waals surface area contributed by atoms with Gasteiger partial charge in [-0.05, 0) is 24.3 Å². The van der Waals surface area contributed by atoms with Crippen molar-refractivity contribution in [2.24, 2.45) is 0 Å². The number of carbonyl (C=O) groups excluding carboxylic acids is 1. The normalized spacial score (nSPS) is 14.0. The molecular formula is C11H20N4O5. The van der Waals surface area contributed by atoms with E-state index >= 15 is 0 Å². The van der Waals surface area contributed by atoms with Crippen LogP contribution in [0.2, 0.25) is 0 Å². The molecule has 20 heavy (non-hydrogen) atoms. The van der Waals surface area contributed by atoms with E-state index in [-0.39, 0.29) is 31.7 Å². The number of carbonyl (C=O) groups is 1. The molecule has 0 aliphatic rings. The highest BCUT2D eigenvalue weighted by Crippen LogP contribution is 2.00. The van der Waals surface area contributed by atoms with E-state index in [1.807, 2.05) is 6.92 Å². The first kappa shape index (κ1) is 16.5. The lowest BCUT2D eigenvalue weighted by molar-refractivity contribution is -0.0367. The molecule has 0 aromatic carbocycles. The Hall–Kier alpha value is -1.58. The van der Waals surface area contributed by atoms with E-state index in [9.17, 15) is 9.90 Å². The van der Waals surface area contributed by atoms with Crippen molar-refractivity contribution in [3.63, 3.8) is 0 Å². The van der Waals surface area contributed by atoms with Crippen LogP contribution in [0.15, 0.2) is 0 Å². The number of nitrogens with zero attached hydrogens (tertiary/aromatic N) is 4. The van der Waals surface area contributed by atoms with Crippen molar-refractivity contribution in [2.75, 3.05) is 26.9 Å². The van der Waals surface area contributed by atoms with Gasteiger partial charge in [0.15, 0.2) is 0 Å². The number of methoxy groups -OCH3 is 1. The van der Waals surface area contributed by atoms with Gasteiger partial charge in [0.2, 0.25) is 0 Å². The van der Waals surface area contributed by atoms with E-state index in [0.29, 0.717) is 6.61 Å². The van der Waals surface area contributed by atoms with Crippen LogP contribution in [-0.2, 0) is 20.8 Å². The van der Waals surface area contributed by atoms with Crippen LogP contribution < -0.4 is 0 Å². The molecule has 1 aromatic rings. The van der Waals surface area contributed by atoms with Crippen LogP contribution in [0.3, 0.4) is 0 Å². The van der Waals surface area contributed by atoms with Crippen molar-refractivity contribution >= 4 is 5.97 Å². The van der Waals surface area contributed by atoms with Crippen molar-refractivity contribution in [1.82, 2.24) is 20.2 Å². The third-order valence-corrected chi connectivity index (χ3v) is 2.35. The molecule has 0 spiro atoms. The zero-order valence-electron chi connectivity index (χ0n) is 11.9. The zero-order valence-corrected chi connectivity index (χ0v) is 11.9. The molecule has 1 rings (SSSR count). The molecule has 0 saturated carbocycles. The molecule has 0 saturated heterocycles. The van der Waals surface area contributed by atoms with Gasteiger partial charge in [-0.25, -0.2) is 9.48 Å². The van der Waals surface area contributed by atoms with Gasteiger partial charge in [0.25, 0.3) is 5.82 Å². The minimum absolute atomic E-state index is 0.0425. The van der Waals surface area contributed by atoms with Gasteiger partial charge in [-0.1, -0.05) is 0 Å². The fourth-order valence-electron chi connectivity index (χ4n) is 1.48. The molecule has 0 radical (unpaired) electrons. The van der Waals surface area contributed by atoms with Crippen LogP contribution in [0.4, 0.5) is 0 Å². The fraction of sp³-hybridized carbons (Fsp3) is 0.818. The van der Waals surface area contributed by atoms with Crippen LogP contribution in [0.1, 0.15) is 24.5 Å². The largest absolute Gasteiger partial charge is 0.460 e. The number of ether oxygens (including phenoxy) is 3. The van der Waals surface area contributed by atoms with E-state index in [0.717, 1.165) is 0 Å². The lowest BCUT2D eigenvalue weighted by atomic mass is 10.3. The van der Waals surface area contributed by atoms with E-state index in [4.69, 9.17) is 14.2 Å². The Balaban J connectivity index is 2.48. The molecule has 1 aromatic heterocycles. The third-order valence-electron chi connectivity index (χ3n) is 2.35. The van der Waals surface area contributed by atoms with Gasteiger partial charge in [0, 0.05) is 7.11 Å². The summed E-state index contributed by atoms with van der Waals surface area (Å²) in [7, 11) is 1.57. The summed E-state index contributed by atoms with van der Waals surface area (Å²) in [5.74, 6) is -0.672. The molecular weight excluding hydrogens is 268 g/mol. The summed E-state index contributed by atoms with van der Waals surface area (Å²) < 4.78 is 16.3. The minimum atomic E-state index is -0.842. The smallest absolute Gasteiger partial charge is 0.378 e. The monoisotopic (exact) mass is 288 g/mol. The summed E-state index contributed by atoms with van der Waals surface area (Å²) >= 11 is 0. The molecule has 9 nitrogen and oxygen atoms in total. The van der Waals surface area contributed by atoms with Crippen LogP contribution in [0, 0.1) is 0 Å². The number of aliphatic hydroxyl groups is 1. The summed E-state index contributed by atoms with van der Waals surface area (Å²) in [4.78, 5) is 11.5. The van der Waals surface area contributed by atoms with E-state index in [2.05, 4.69) is 15.5 Å². The lowest BCUT2D eigenvalue weighted by Gasteiger charge is -2.15. The lowest BCUT2D eigenvalue weighted by Crippen LogP contribution is -2.28. The molecule has 0 bridgehead atoms. The Morgan fingerprint density at radius 1 is 1.45 bits per heavy atom. The second-order valence-electron chi connectivity index (χ2n) is 4.16. The average Bonchev–Trinajstić information content (AvgIpc) is 2.85. The zero-order chi connectivity index (χ0) is 15.0. The SMILES string of the molecule is CCOC(=O)c1nnnn1CC(O)COC(C)COC. The van der Waals surface area contributed by atoms with Crippen LogP contribution >= 0.6 is 0 Å². The first-order valence-corrected chi connectivity index (χ1v) is 6.30. The molecule has 2 atom stereocenters. The Bertz CT molecular complexity index is 411. The molecule has 9 heteroatoms. The van der Waals surface area contributed by atoms with Crippen LogP contribution in [0.5, 0.6) is 0 Å². The van der Waals surface area contributed by atoms with Gasteiger partial charge in [0.05, 0.1) is 38.6 Å². The van der Waals surface area contributed by atoms with E-state index in [1.165, 1.54) is 4.68 Å². The topological polar surface area (TPSA) is 109 Å². The number of tetrazole rings is 1. The predicted molar refractivity (Wildman–Crippen MR) is 67.1 cm³/mol. The Labute approximate surface area is 116 Å². The summed E-state index contributed by atoms with van der Waals surface area (Å²) in [6.07, 6.45) is -0.973. The van der Waals surface area contributed by atoms with Gasteiger partial charge in [-0.2, -0.15) is 0 Å². The number of esters is 1. The quantitative estimate of drug-likeness (QED) is 0.592. The van der Waals surface area contributed by atoms with E-state index in [1.54, 1.807) is 14.0 Å². The number of aliphatic hydroxyl groups excluding tert-OH is 1. The molecule has 1 N–H and O–H groups in total. The van der Waals surface area contributed by atoms with Crippen molar-refractivity contribution in [2.45, 2.75) is 32.6 Å². The highest BCUT2D eigenvalue weighted by Gasteiger charge is 2.19. The second-order valence-corrected chi connectivity index (χ2v) is 4.16. The molecule has 1 heterocycles. The van der Waals surface area contributed by atoms with Gasteiger partial charge >= 0.3 is 5.97 Å². The number of hydrogen-bond donors (Lipinski definition) is 1. The standard InChI is InChI=1S/C11H20N4O5/c1-4-19-11(17)10-12-13-14-15(10)5-9(16)7-20-8(2)6-18-3/h8-9,16H,4-7H2,1-3H3. The maximum atomic E-state index is 11.5. The highest BCUT2D eigenvalue weighted by atomic mass is 16.5. The van der Waals surface area contributed by atoms with Crippen molar-refractivity contribution < 1.29 is 24.1 Å². The number of hydrogen-bond acceptors (Lipinski definition) is 8. The first-order chi connectivity index (χ1) is 9.58. The number of aromatic nitrogens is 4. The van der Waals surface area contributed by atoms with Crippen molar-refractivity contribution in [3.8, 4) is 0 Å². The van der Waals surface area contributed by atoms with Crippen LogP contribution in [0.25, 0.3) is 0 Å². The van der Waals surface area contributed by atoms with E-state index < -0.39 is 12.1 Å². The summed E-state index contributed by atoms with van der Waals surface area (Å²) in [5.41, 5.74) is 0. The fourth-order valence-corrected chi connectivity index (χ4v) is 1.48. The summed E-state index contributed by atoms with van der Waals surface area (Å²) in [6.45, 7) is 4.31. The Morgan fingerprint density at radius 2 is 2.20 bits per heavy atom. The molecule has 0 amide bonds. The minimum Gasteiger partial charge on any atom is -0.460 e. The van der Waals surface area contributed by atoms with Crippen molar-refractivity contribution in [1.29, 1.82) is 0 Å². The molecule has 2 unspecified atom stereocenters. The molecule has 0 fully saturated rings. The molecule has 0 aliphatic heterocycles. The number of rotatable bonds is 9. The van der Waals surface area contributed by atoms with Crippen molar-refractivity contribution in [3.05, 3.63) is 5.82 Å². The predicted octanol–water partition coefficient (Wildman–Crippen LogP) is -0.738. The van der Waals surface area contributed by atoms with Crippen LogP contribution in [-0.4, -0.2) is 70.4 Å². The van der Waals surface area contributed by atoms with Gasteiger partial charge in [0.1, 0.15) is 0 Å². The van der Waals surface area contributed by atoms with Gasteiger partial charge in [-0.3, -0.25) is 0 Å². The maximum Gasteiger partial charge on any atom is 0.378 e. The average molecular weight is 288 g/mol. The maximum absolute atomic E-state index is 11.5. The Kier molecular flexibility index (Phi) is 7.05. The van der Waals surface area contributed by atoms with Gasteiger partial charge in [-0.15, -0.1) is 5.10 Å². The Morgan fingerprint density at radius 3 is 2.85 bits per heavy atom. The summed E-state index contributed by atoms with van der Waals surface area (Å²) in [6, 6.07) is 0. The molecule has 114 valence electrons. The molecule has 0 aliphatic carbocycles. The first-order valence-electron chi connectivity index (χ1n) is 6.30. The summed E-state index contributed by atoms with van der Waals surface area (Å²) in [5, 5.41) is 20.4. The third kappa shape index (κ3) is 5.19. The highest BCUT2D eigenvalue weighted by molar-refractivity contribution is 5.85. The second kappa shape index (κ2) is 8.56. The van der Waals surface area contributed by atoms with Gasteiger partial charge < -0.3 is 19.3 Å².